The predicted octanol–water partition coefficient (Wildman–Crippen LogP) is 5.64. The molecule has 0 aliphatic rings. The van der Waals surface area contributed by atoms with E-state index in [9.17, 15) is 0 Å². The summed E-state index contributed by atoms with van der Waals surface area (Å²) in [5.74, 6) is 0. The summed E-state index contributed by atoms with van der Waals surface area (Å²) in [6.07, 6.45) is 4.00. The fourth-order valence-electron chi connectivity index (χ4n) is 0. The van der Waals surface area contributed by atoms with Gasteiger partial charge in [-0.25, -0.2) is 0 Å². The zero-order valence-corrected chi connectivity index (χ0v) is 13.2. The molecule has 0 unspecified atom stereocenters. The number of hydrogen-bond acceptors (Lipinski definition) is 0. The van der Waals surface area contributed by atoms with Crippen LogP contribution in [0.3, 0.4) is 0 Å². The fourth-order valence-corrected chi connectivity index (χ4v) is 0. The Kier molecular flexibility index (Phi) is 253. The van der Waals surface area contributed by atoms with Crippen LogP contribution in [0, 0.1) is 27.7 Å². The van der Waals surface area contributed by atoms with Crippen LogP contribution in [-0.4, -0.2) is 0 Å². The molecule has 0 aromatic carbocycles. The first-order valence-corrected chi connectivity index (χ1v) is 4.83. The predicted molar refractivity (Wildman–Crippen MR) is 67.9 cm³/mol. The van der Waals surface area contributed by atoms with E-state index in [2.05, 4.69) is 27.7 Å². The molecule has 0 spiro atoms. The molecule has 0 radical (unpaired) electrons. The van der Waals surface area contributed by atoms with Crippen molar-refractivity contribution < 1.29 is 26.2 Å². The standard InChI is InChI=1S/4C3H7.H2N.Zr/c4*1-3-2;;/h4*1,3H2,2H3;1H2;/q5*-1;. The molecule has 0 rings (SSSR count). The van der Waals surface area contributed by atoms with Gasteiger partial charge in [0.15, 0.2) is 0 Å². The average molecular weight is 280 g/mol. The van der Waals surface area contributed by atoms with Crippen molar-refractivity contribution in [2.75, 3.05) is 0 Å². The second-order valence-electron chi connectivity index (χ2n) is 2.00. The minimum atomic E-state index is 0. The Bertz CT molecular complexity index is 18.3. The number of hydrogen-bond donors (Lipinski definition) is 0. The molecule has 92 valence electrons. The molecule has 0 aliphatic carbocycles. The van der Waals surface area contributed by atoms with Crippen LogP contribution >= 0.6 is 0 Å². The number of rotatable bonds is 0. The monoisotopic (exact) mass is 278 g/mol. The summed E-state index contributed by atoms with van der Waals surface area (Å²) in [6, 6.07) is 0. The van der Waals surface area contributed by atoms with Crippen molar-refractivity contribution in [3.05, 3.63) is 33.8 Å². The molecule has 2 heteroatoms. The van der Waals surface area contributed by atoms with Crippen LogP contribution in [-0.2, 0) is 26.2 Å². The van der Waals surface area contributed by atoms with E-state index in [0.717, 1.165) is 25.7 Å². The summed E-state index contributed by atoms with van der Waals surface area (Å²) in [7, 11) is 0. The maximum atomic E-state index is 3.49. The Balaban J connectivity index is -0.0000000145. The van der Waals surface area contributed by atoms with Gasteiger partial charge in [-0.05, 0) is 0 Å². The van der Waals surface area contributed by atoms with Crippen LogP contribution in [0.5, 0.6) is 0 Å². The van der Waals surface area contributed by atoms with Crippen molar-refractivity contribution >= 4 is 0 Å². The zero-order valence-electron chi connectivity index (χ0n) is 10.7. The first-order chi connectivity index (χ1) is 5.66. The summed E-state index contributed by atoms with van der Waals surface area (Å²) >= 11 is 0. The molecule has 0 bridgehead atoms. The minimum Gasteiger partial charge on any atom is -0.693 e. The van der Waals surface area contributed by atoms with Gasteiger partial charge in [-0.1, -0.05) is 27.7 Å². The van der Waals surface area contributed by atoms with Gasteiger partial charge < -0.3 is 33.8 Å². The first-order valence-electron chi connectivity index (χ1n) is 4.83. The van der Waals surface area contributed by atoms with Crippen LogP contribution in [0.1, 0.15) is 53.4 Å². The van der Waals surface area contributed by atoms with E-state index in [-0.39, 0.29) is 32.4 Å². The van der Waals surface area contributed by atoms with Crippen LogP contribution in [0.25, 0.3) is 6.15 Å². The molecule has 1 nitrogen and oxygen atoms in total. The molecule has 0 heterocycles. The third kappa shape index (κ3) is 2530. The third-order valence-corrected chi connectivity index (χ3v) is 0. The van der Waals surface area contributed by atoms with Gasteiger partial charge in [0.25, 0.3) is 0 Å². The summed E-state index contributed by atoms with van der Waals surface area (Å²) in [4.78, 5) is 0. The molecule has 0 aromatic heterocycles. The van der Waals surface area contributed by atoms with E-state index in [0.29, 0.717) is 0 Å². The van der Waals surface area contributed by atoms with Crippen molar-refractivity contribution in [3.8, 4) is 0 Å². The Labute approximate surface area is 113 Å². The van der Waals surface area contributed by atoms with Gasteiger partial charge in [0, 0.05) is 26.2 Å². The molecule has 0 aliphatic heterocycles. The average Bonchev–Trinajstić information content (AvgIpc) is 1.92. The molecule has 0 saturated carbocycles. The molecule has 0 amide bonds. The summed E-state index contributed by atoms with van der Waals surface area (Å²) in [5, 5.41) is 0. The topological polar surface area (TPSA) is 33.5 Å². The normalized spacial score (nSPS) is 5.14. The molecule has 0 atom stereocenters. The van der Waals surface area contributed by atoms with Gasteiger partial charge in [-0.15, -0.1) is 0 Å². The van der Waals surface area contributed by atoms with Crippen molar-refractivity contribution in [1.82, 2.24) is 0 Å². The third-order valence-electron chi connectivity index (χ3n) is 0. The van der Waals surface area contributed by atoms with Gasteiger partial charge >= 0.3 is 0 Å². The van der Waals surface area contributed by atoms with Gasteiger partial charge in [0.1, 0.15) is 0 Å². The Morgan fingerprint density at radius 2 is 0.571 bits per heavy atom. The first kappa shape index (κ1) is 36.4. The van der Waals surface area contributed by atoms with Crippen molar-refractivity contribution in [1.29, 1.82) is 0 Å². The Morgan fingerprint density at radius 3 is 0.571 bits per heavy atom. The molecule has 0 fully saturated rings. The van der Waals surface area contributed by atoms with Gasteiger partial charge in [0.05, 0.1) is 0 Å². The zero-order chi connectivity index (χ0) is 10.8. The molecular weight excluding hydrogens is 249 g/mol. The van der Waals surface area contributed by atoms with Crippen molar-refractivity contribution in [2.24, 2.45) is 0 Å². The Morgan fingerprint density at radius 1 is 0.571 bits per heavy atom. The largest absolute Gasteiger partial charge is 0.693 e. The van der Waals surface area contributed by atoms with E-state index in [4.69, 9.17) is 0 Å². The Hall–Kier alpha value is 0.843. The molecule has 0 aromatic rings. The van der Waals surface area contributed by atoms with E-state index >= 15 is 0 Å². The van der Waals surface area contributed by atoms with Crippen LogP contribution in [0.15, 0.2) is 0 Å². The molecular formula is C12H30NZr-5. The fraction of sp³-hybridized carbons (Fsp3) is 0.667. The molecule has 14 heavy (non-hydrogen) atoms. The van der Waals surface area contributed by atoms with Gasteiger partial charge in [-0.3, -0.25) is 0 Å². The molecule has 2 N–H and O–H groups in total. The summed E-state index contributed by atoms with van der Waals surface area (Å²) < 4.78 is 0. The molecule has 0 saturated heterocycles. The summed E-state index contributed by atoms with van der Waals surface area (Å²) in [6.45, 7) is 22.0. The van der Waals surface area contributed by atoms with E-state index in [1.165, 1.54) is 0 Å². The quantitative estimate of drug-likeness (QED) is 0.514. The second kappa shape index (κ2) is 97.3. The van der Waals surface area contributed by atoms with Crippen molar-refractivity contribution in [3.63, 3.8) is 0 Å². The minimum absolute atomic E-state index is 0. The second-order valence-corrected chi connectivity index (χ2v) is 2.00. The summed E-state index contributed by atoms with van der Waals surface area (Å²) in [5.41, 5.74) is 0. The van der Waals surface area contributed by atoms with Crippen LogP contribution < -0.4 is 0 Å². The van der Waals surface area contributed by atoms with E-state index < -0.39 is 0 Å². The van der Waals surface area contributed by atoms with Crippen molar-refractivity contribution in [2.45, 2.75) is 53.4 Å². The van der Waals surface area contributed by atoms with Gasteiger partial charge in [0.2, 0.25) is 0 Å². The van der Waals surface area contributed by atoms with E-state index in [1.807, 2.05) is 27.7 Å². The number of nitrogens with two attached hydrogens (primary N) is 1. The SMILES string of the molecule is [CH2-]CC.[CH2-]CC.[CH2-]CC.[CH2-]CC.[NH2-].[Zr]. The van der Waals surface area contributed by atoms with E-state index in [1.54, 1.807) is 0 Å². The maximum Gasteiger partial charge on any atom is 0 e. The smallest absolute Gasteiger partial charge is 0 e. The van der Waals surface area contributed by atoms with Crippen LogP contribution in [0.4, 0.5) is 0 Å². The van der Waals surface area contributed by atoms with Gasteiger partial charge in [-0.2, -0.15) is 25.7 Å². The maximum absolute atomic E-state index is 3.49. The van der Waals surface area contributed by atoms with Crippen LogP contribution in [0.2, 0.25) is 0 Å².